The number of sulfone groups is 1. The molecule has 1 aliphatic heterocycles. The summed E-state index contributed by atoms with van der Waals surface area (Å²) in [4.78, 5) is 10.9. The van der Waals surface area contributed by atoms with Gasteiger partial charge in [0.2, 0.25) is 9.84 Å². The molecular formula is C8H7NO4S. The predicted octanol–water partition coefficient (Wildman–Crippen LogP) is 0.118. The molecule has 1 aromatic carbocycles. The number of hydrogen-bond acceptors (Lipinski definition) is 5. The van der Waals surface area contributed by atoms with Crippen molar-refractivity contribution in [3.05, 3.63) is 18.2 Å². The average Bonchev–Trinajstić information content (AvgIpc) is 2.13. The largest absolute Gasteiger partial charge is 0.508 e. The second-order valence-electron chi connectivity index (χ2n) is 2.91. The van der Waals surface area contributed by atoms with Crippen LogP contribution in [0.3, 0.4) is 0 Å². The molecule has 14 heavy (non-hydrogen) atoms. The maximum Gasteiger partial charge on any atom is 0.270 e. The van der Waals surface area contributed by atoms with Crippen LogP contribution in [0.2, 0.25) is 0 Å². The Labute approximate surface area is 80.3 Å². The van der Waals surface area contributed by atoms with Crippen LogP contribution in [0.5, 0.6) is 5.75 Å². The molecule has 1 aromatic rings. The van der Waals surface area contributed by atoms with Crippen molar-refractivity contribution >= 4 is 20.6 Å². The monoisotopic (exact) mass is 213 g/mol. The normalized spacial score (nSPS) is 18.4. The van der Waals surface area contributed by atoms with Crippen LogP contribution in [0.25, 0.3) is 0 Å². The third-order valence-electron chi connectivity index (χ3n) is 1.98. The summed E-state index contributed by atoms with van der Waals surface area (Å²) in [5.74, 6) is -0.177. The molecule has 0 atom stereocenters. The van der Waals surface area contributed by atoms with Gasteiger partial charge in [0.25, 0.3) is 5.12 Å². The van der Waals surface area contributed by atoms with Gasteiger partial charge in [-0.1, -0.05) is 0 Å². The lowest BCUT2D eigenvalue weighted by atomic mass is 10.3. The molecule has 2 N–H and O–H groups in total. The summed E-state index contributed by atoms with van der Waals surface area (Å²) >= 11 is 0. The molecule has 0 aromatic heterocycles. The Morgan fingerprint density at radius 2 is 2.07 bits per heavy atom. The van der Waals surface area contributed by atoms with Gasteiger partial charge in [-0.05, 0) is 12.1 Å². The first-order valence-electron chi connectivity index (χ1n) is 3.86. The molecule has 0 spiro atoms. The number of carbonyl (C=O) groups is 1. The molecular weight excluding hydrogens is 206 g/mol. The van der Waals surface area contributed by atoms with Crippen LogP contribution in [-0.4, -0.2) is 25.2 Å². The first-order chi connectivity index (χ1) is 6.51. The fourth-order valence-electron chi connectivity index (χ4n) is 1.26. The highest BCUT2D eigenvalue weighted by Gasteiger charge is 2.31. The zero-order valence-electron chi connectivity index (χ0n) is 7.02. The minimum absolute atomic E-state index is 0.159. The molecule has 6 heteroatoms. The molecule has 2 rings (SSSR count). The van der Waals surface area contributed by atoms with Crippen LogP contribution >= 0.6 is 0 Å². The summed E-state index contributed by atoms with van der Waals surface area (Å²) in [6.07, 6.45) is 0. The van der Waals surface area contributed by atoms with Crippen molar-refractivity contribution in [2.75, 3.05) is 11.9 Å². The number of hydrogen-bond donors (Lipinski definition) is 2. The van der Waals surface area contributed by atoms with Gasteiger partial charge in [-0.25, -0.2) is 8.42 Å². The molecule has 1 heterocycles. The Morgan fingerprint density at radius 3 is 2.79 bits per heavy atom. The van der Waals surface area contributed by atoms with Crippen molar-refractivity contribution in [1.29, 1.82) is 0 Å². The lowest BCUT2D eigenvalue weighted by Gasteiger charge is -2.16. The lowest BCUT2D eigenvalue weighted by molar-refractivity contribution is -0.110. The van der Waals surface area contributed by atoms with Crippen molar-refractivity contribution in [2.45, 2.75) is 4.90 Å². The number of phenolic OH excluding ortho intramolecular Hbond substituents is 1. The molecule has 74 valence electrons. The fraction of sp³-hybridized carbons (Fsp3) is 0.125. The van der Waals surface area contributed by atoms with Crippen LogP contribution < -0.4 is 5.32 Å². The summed E-state index contributed by atoms with van der Waals surface area (Å²) in [6.45, 7) is -0.222. The molecule has 0 saturated carbocycles. The van der Waals surface area contributed by atoms with Gasteiger partial charge in [0, 0.05) is 6.07 Å². The van der Waals surface area contributed by atoms with Gasteiger partial charge in [0.05, 0.1) is 12.2 Å². The van der Waals surface area contributed by atoms with Crippen LogP contribution in [-0.2, 0) is 14.6 Å². The number of benzene rings is 1. The van der Waals surface area contributed by atoms with Crippen LogP contribution in [0.1, 0.15) is 0 Å². The highest BCUT2D eigenvalue weighted by Crippen LogP contribution is 2.29. The van der Waals surface area contributed by atoms with Crippen LogP contribution in [0, 0.1) is 0 Å². The maximum absolute atomic E-state index is 11.5. The van der Waals surface area contributed by atoms with Crippen molar-refractivity contribution in [3.8, 4) is 5.75 Å². The summed E-state index contributed by atoms with van der Waals surface area (Å²) < 4.78 is 22.9. The van der Waals surface area contributed by atoms with E-state index in [9.17, 15) is 13.2 Å². The van der Waals surface area contributed by atoms with Crippen molar-refractivity contribution in [2.24, 2.45) is 0 Å². The van der Waals surface area contributed by atoms with E-state index in [-0.39, 0.29) is 17.2 Å². The van der Waals surface area contributed by atoms with Gasteiger partial charge in [-0.2, -0.15) is 0 Å². The number of aromatic hydroxyl groups is 1. The lowest BCUT2D eigenvalue weighted by Crippen LogP contribution is -2.29. The fourth-order valence-corrected chi connectivity index (χ4v) is 2.48. The van der Waals surface area contributed by atoms with Gasteiger partial charge in [0.15, 0.2) is 0 Å². The summed E-state index contributed by atoms with van der Waals surface area (Å²) in [5, 5.41) is 10.9. The van der Waals surface area contributed by atoms with E-state index in [2.05, 4.69) is 5.32 Å². The molecule has 0 saturated heterocycles. The van der Waals surface area contributed by atoms with Gasteiger partial charge in [-0.15, -0.1) is 0 Å². The van der Waals surface area contributed by atoms with E-state index in [0.717, 1.165) is 6.07 Å². The molecule has 5 nitrogen and oxygen atoms in total. The predicted molar refractivity (Wildman–Crippen MR) is 48.8 cm³/mol. The number of nitrogens with one attached hydrogen (secondary N) is 1. The Hall–Kier alpha value is -1.56. The van der Waals surface area contributed by atoms with E-state index >= 15 is 0 Å². The minimum atomic E-state index is -3.90. The van der Waals surface area contributed by atoms with E-state index in [0.29, 0.717) is 5.69 Å². The van der Waals surface area contributed by atoms with Crippen molar-refractivity contribution in [3.63, 3.8) is 0 Å². The van der Waals surface area contributed by atoms with Gasteiger partial charge in [0.1, 0.15) is 10.6 Å². The Kier molecular flexibility index (Phi) is 1.75. The van der Waals surface area contributed by atoms with E-state index in [1.807, 2.05) is 0 Å². The topological polar surface area (TPSA) is 83.5 Å². The molecule has 0 aliphatic carbocycles. The van der Waals surface area contributed by atoms with E-state index in [1.54, 1.807) is 0 Å². The SMILES string of the molecule is O=C1CNc2ccc(O)cc2S1(=O)=O. The Morgan fingerprint density at radius 1 is 1.36 bits per heavy atom. The third kappa shape index (κ3) is 1.15. The van der Waals surface area contributed by atoms with E-state index in [1.165, 1.54) is 12.1 Å². The number of fused-ring (bicyclic) bond motifs is 1. The molecule has 0 unspecified atom stereocenters. The average molecular weight is 213 g/mol. The van der Waals surface area contributed by atoms with Gasteiger partial charge < -0.3 is 10.4 Å². The van der Waals surface area contributed by atoms with Gasteiger partial charge >= 0.3 is 0 Å². The highest BCUT2D eigenvalue weighted by molar-refractivity contribution is 8.06. The number of anilines is 1. The van der Waals surface area contributed by atoms with E-state index < -0.39 is 15.0 Å². The van der Waals surface area contributed by atoms with Crippen LogP contribution in [0.4, 0.5) is 5.69 Å². The first kappa shape index (κ1) is 9.01. The molecule has 0 radical (unpaired) electrons. The van der Waals surface area contributed by atoms with Crippen molar-refractivity contribution in [1.82, 2.24) is 0 Å². The Balaban J connectivity index is 2.74. The smallest absolute Gasteiger partial charge is 0.270 e. The molecule has 0 bridgehead atoms. The molecule has 0 amide bonds. The van der Waals surface area contributed by atoms with E-state index in [4.69, 9.17) is 5.11 Å². The molecule has 0 fully saturated rings. The zero-order valence-corrected chi connectivity index (χ0v) is 7.84. The second kappa shape index (κ2) is 2.71. The van der Waals surface area contributed by atoms with Crippen molar-refractivity contribution < 1.29 is 18.3 Å². The maximum atomic E-state index is 11.5. The standard InChI is InChI=1S/C8H7NO4S/c10-5-1-2-6-7(3-5)14(12,13)8(11)4-9-6/h1-3,9-10H,4H2. The quantitative estimate of drug-likeness (QED) is 0.598. The summed E-state index contributed by atoms with van der Waals surface area (Å²) in [5.41, 5.74) is 0.349. The summed E-state index contributed by atoms with van der Waals surface area (Å²) in [7, 11) is -3.90. The Bertz CT molecular complexity index is 506. The minimum Gasteiger partial charge on any atom is -0.508 e. The van der Waals surface area contributed by atoms with Crippen LogP contribution in [0.15, 0.2) is 23.1 Å². The highest BCUT2D eigenvalue weighted by atomic mass is 32.2. The molecule has 1 aliphatic rings. The zero-order chi connectivity index (χ0) is 10.3. The third-order valence-corrected chi connectivity index (χ3v) is 3.64. The number of rotatable bonds is 0. The van der Waals surface area contributed by atoms with Gasteiger partial charge in [-0.3, -0.25) is 4.79 Å². The number of carbonyl (C=O) groups excluding carboxylic acids is 1. The summed E-state index contributed by atoms with van der Waals surface area (Å²) in [6, 6.07) is 3.85. The number of phenols is 1. The second-order valence-corrected chi connectivity index (χ2v) is 4.81. The first-order valence-corrected chi connectivity index (χ1v) is 5.35.